The van der Waals surface area contributed by atoms with Crippen molar-refractivity contribution in [2.75, 3.05) is 13.1 Å². The van der Waals surface area contributed by atoms with Crippen LogP contribution in [-0.2, 0) is 6.42 Å². The van der Waals surface area contributed by atoms with Gasteiger partial charge in [-0.3, -0.25) is 0 Å². The molecule has 0 aliphatic rings. The fourth-order valence-corrected chi connectivity index (χ4v) is 1.02. The lowest BCUT2D eigenvalue weighted by molar-refractivity contribution is 0.687. The third kappa shape index (κ3) is 3.22. The largest absolute Gasteiger partial charge is 0.365 e. The molecule has 1 rings (SSSR count). The second kappa shape index (κ2) is 5.39. The highest BCUT2D eigenvalue weighted by Crippen LogP contribution is 1.93. The van der Waals surface area contributed by atoms with Gasteiger partial charge < -0.3 is 10.3 Å². The average molecular weight is 163 g/mol. The first-order chi connectivity index (χ1) is 5.93. The highest BCUT2D eigenvalue weighted by Gasteiger charge is 1.91. The zero-order valence-corrected chi connectivity index (χ0v) is 7.01. The van der Waals surface area contributed by atoms with Crippen LogP contribution < -0.4 is 5.32 Å². The van der Waals surface area contributed by atoms with Crippen molar-refractivity contribution in [2.24, 2.45) is 0 Å². The second-order valence-electron chi connectivity index (χ2n) is 2.60. The molecule has 0 fully saturated rings. The molecule has 0 spiro atoms. The first-order valence-electron chi connectivity index (χ1n) is 4.13. The number of aromatic nitrogens is 1. The lowest BCUT2D eigenvalue weighted by Gasteiger charge is -1.99. The summed E-state index contributed by atoms with van der Waals surface area (Å²) in [7, 11) is 0. The molecule has 1 aromatic heterocycles. The number of H-pyrrole nitrogens is 1. The molecular weight excluding hydrogens is 150 g/mol. The molecule has 1 heterocycles. The van der Waals surface area contributed by atoms with E-state index < -0.39 is 0 Å². The van der Waals surface area contributed by atoms with Crippen molar-refractivity contribution in [3.05, 3.63) is 24.0 Å². The van der Waals surface area contributed by atoms with Gasteiger partial charge in [0.25, 0.3) is 0 Å². The standard InChI is InChI=1S/C9H13N3/c10-5-2-6-11-8-4-9-3-1-7-12-9/h1,3,7,11-12H,2,4,6,8H2. The summed E-state index contributed by atoms with van der Waals surface area (Å²) in [6.45, 7) is 1.72. The Bertz CT molecular complexity index is 233. The van der Waals surface area contributed by atoms with E-state index in [4.69, 9.17) is 5.26 Å². The number of rotatable bonds is 5. The monoisotopic (exact) mass is 163 g/mol. The van der Waals surface area contributed by atoms with Crippen LogP contribution in [0.3, 0.4) is 0 Å². The van der Waals surface area contributed by atoms with E-state index in [9.17, 15) is 0 Å². The molecule has 0 aliphatic carbocycles. The van der Waals surface area contributed by atoms with Crippen molar-refractivity contribution in [3.8, 4) is 6.07 Å². The Labute approximate surface area is 72.4 Å². The molecular formula is C9H13N3. The molecule has 12 heavy (non-hydrogen) atoms. The maximum absolute atomic E-state index is 8.25. The zero-order valence-electron chi connectivity index (χ0n) is 7.01. The maximum Gasteiger partial charge on any atom is 0.0635 e. The van der Waals surface area contributed by atoms with E-state index in [0.29, 0.717) is 6.42 Å². The van der Waals surface area contributed by atoms with Crippen LogP contribution in [0.4, 0.5) is 0 Å². The third-order valence-electron chi connectivity index (χ3n) is 1.65. The van der Waals surface area contributed by atoms with Gasteiger partial charge in [0.05, 0.1) is 6.07 Å². The molecule has 0 radical (unpaired) electrons. The Hall–Kier alpha value is -1.27. The normalized spacial score (nSPS) is 9.58. The van der Waals surface area contributed by atoms with Gasteiger partial charge in [-0.2, -0.15) is 5.26 Å². The molecule has 0 saturated heterocycles. The SMILES string of the molecule is N#CCCNCCc1ccc[nH]1. The van der Waals surface area contributed by atoms with Crippen molar-refractivity contribution >= 4 is 0 Å². The molecule has 64 valence electrons. The molecule has 2 N–H and O–H groups in total. The van der Waals surface area contributed by atoms with E-state index in [1.165, 1.54) is 5.69 Å². The van der Waals surface area contributed by atoms with Crippen LogP contribution in [0.15, 0.2) is 18.3 Å². The van der Waals surface area contributed by atoms with Crippen molar-refractivity contribution in [2.45, 2.75) is 12.8 Å². The van der Waals surface area contributed by atoms with Crippen LogP contribution >= 0.6 is 0 Å². The first kappa shape index (κ1) is 8.82. The Morgan fingerprint density at radius 1 is 1.50 bits per heavy atom. The summed E-state index contributed by atoms with van der Waals surface area (Å²) in [5.41, 5.74) is 1.24. The number of aromatic amines is 1. The van der Waals surface area contributed by atoms with Gasteiger partial charge in [-0.05, 0) is 18.6 Å². The summed E-state index contributed by atoms with van der Waals surface area (Å²) in [4.78, 5) is 3.12. The summed E-state index contributed by atoms with van der Waals surface area (Å²) < 4.78 is 0. The zero-order chi connectivity index (χ0) is 8.65. The lowest BCUT2D eigenvalue weighted by Crippen LogP contribution is -2.18. The quantitative estimate of drug-likeness (QED) is 0.638. The summed E-state index contributed by atoms with van der Waals surface area (Å²) in [6.07, 6.45) is 3.51. The van der Waals surface area contributed by atoms with Crippen molar-refractivity contribution in [3.63, 3.8) is 0 Å². The number of nitrogens with zero attached hydrogens (tertiary/aromatic N) is 1. The molecule has 0 aliphatic heterocycles. The fourth-order valence-electron chi connectivity index (χ4n) is 1.02. The minimum absolute atomic E-state index is 0.588. The van der Waals surface area contributed by atoms with Gasteiger partial charge in [0, 0.05) is 31.4 Å². The summed E-state index contributed by atoms with van der Waals surface area (Å²) in [5, 5.41) is 11.4. The van der Waals surface area contributed by atoms with Crippen molar-refractivity contribution in [1.29, 1.82) is 5.26 Å². The van der Waals surface area contributed by atoms with Gasteiger partial charge in [-0.1, -0.05) is 0 Å². The number of nitrogens with one attached hydrogen (secondary N) is 2. The predicted octanol–water partition coefficient (Wildman–Crippen LogP) is 1.06. The Balaban J connectivity index is 2.01. The van der Waals surface area contributed by atoms with Gasteiger partial charge in [-0.25, -0.2) is 0 Å². The molecule has 0 aromatic carbocycles. The van der Waals surface area contributed by atoms with E-state index in [1.54, 1.807) is 0 Å². The van der Waals surface area contributed by atoms with Crippen molar-refractivity contribution in [1.82, 2.24) is 10.3 Å². The van der Waals surface area contributed by atoms with E-state index in [2.05, 4.69) is 22.4 Å². The van der Waals surface area contributed by atoms with Gasteiger partial charge >= 0.3 is 0 Å². The fraction of sp³-hybridized carbons (Fsp3) is 0.444. The minimum Gasteiger partial charge on any atom is -0.365 e. The summed E-state index contributed by atoms with van der Waals surface area (Å²) in [5.74, 6) is 0. The van der Waals surface area contributed by atoms with E-state index in [1.807, 2.05) is 12.3 Å². The molecule has 0 bridgehead atoms. The van der Waals surface area contributed by atoms with Crippen LogP contribution in [0.5, 0.6) is 0 Å². The molecule has 0 amide bonds. The number of hydrogen-bond acceptors (Lipinski definition) is 2. The van der Waals surface area contributed by atoms with Crippen LogP contribution in [0, 0.1) is 11.3 Å². The van der Waals surface area contributed by atoms with Gasteiger partial charge in [0.2, 0.25) is 0 Å². The smallest absolute Gasteiger partial charge is 0.0635 e. The predicted molar refractivity (Wildman–Crippen MR) is 47.6 cm³/mol. The van der Waals surface area contributed by atoms with Crippen LogP contribution in [-0.4, -0.2) is 18.1 Å². The topological polar surface area (TPSA) is 51.6 Å². The van der Waals surface area contributed by atoms with Crippen LogP contribution in [0.1, 0.15) is 12.1 Å². The molecule has 0 atom stereocenters. The maximum atomic E-state index is 8.25. The lowest BCUT2D eigenvalue weighted by atomic mass is 10.3. The van der Waals surface area contributed by atoms with Crippen LogP contribution in [0.25, 0.3) is 0 Å². The van der Waals surface area contributed by atoms with E-state index in [-0.39, 0.29) is 0 Å². The minimum atomic E-state index is 0.588. The molecule has 0 saturated carbocycles. The first-order valence-corrected chi connectivity index (χ1v) is 4.13. The third-order valence-corrected chi connectivity index (χ3v) is 1.65. The molecule has 1 aromatic rings. The molecule has 0 unspecified atom stereocenters. The summed E-state index contributed by atoms with van der Waals surface area (Å²) in [6, 6.07) is 6.14. The molecule has 3 heteroatoms. The van der Waals surface area contributed by atoms with Gasteiger partial charge in [0.15, 0.2) is 0 Å². The highest BCUT2D eigenvalue weighted by molar-refractivity contribution is 5.03. The second-order valence-corrected chi connectivity index (χ2v) is 2.60. The van der Waals surface area contributed by atoms with E-state index in [0.717, 1.165) is 19.5 Å². The Morgan fingerprint density at radius 3 is 3.08 bits per heavy atom. The highest BCUT2D eigenvalue weighted by atomic mass is 14.8. The molecule has 3 nitrogen and oxygen atoms in total. The van der Waals surface area contributed by atoms with Gasteiger partial charge in [0.1, 0.15) is 0 Å². The Kier molecular flexibility index (Phi) is 3.96. The van der Waals surface area contributed by atoms with Crippen LogP contribution in [0.2, 0.25) is 0 Å². The Morgan fingerprint density at radius 2 is 2.42 bits per heavy atom. The van der Waals surface area contributed by atoms with E-state index >= 15 is 0 Å². The number of hydrogen-bond donors (Lipinski definition) is 2. The van der Waals surface area contributed by atoms with Crippen molar-refractivity contribution < 1.29 is 0 Å². The summed E-state index contributed by atoms with van der Waals surface area (Å²) >= 11 is 0. The van der Waals surface area contributed by atoms with Gasteiger partial charge in [-0.15, -0.1) is 0 Å². The number of nitriles is 1. The average Bonchev–Trinajstić information content (AvgIpc) is 2.57.